The van der Waals surface area contributed by atoms with Crippen molar-refractivity contribution in [2.24, 2.45) is 0 Å². The van der Waals surface area contributed by atoms with Gasteiger partial charge in [-0.15, -0.1) is 0 Å². The molecule has 0 saturated heterocycles. The second-order valence-electron chi connectivity index (χ2n) is 12.0. The van der Waals surface area contributed by atoms with Crippen LogP contribution in [0.15, 0.2) is 24.3 Å². The van der Waals surface area contributed by atoms with Gasteiger partial charge >= 0.3 is 6.09 Å². The van der Waals surface area contributed by atoms with Gasteiger partial charge in [0.1, 0.15) is 17.7 Å². The molecular formula is C30H49N3O4S. The van der Waals surface area contributed by atoms with Gasteiger partial charge in [-0.25, -0.2) is 4.79 Å². The average Bonchev–Trinajstić information content (AvgIpc) is 2.83. The van der Waals surface area contributed by atoms with Crippen molar-refractivity contribution < 1.29 is 19.1 Å². The van der Waals surface area contributed by atoms with Crippen LogP contribution in [0.5, 0.6) is 0 Å². The molecule has 1 aliphatic carbocycles. The van der Waals surface area contributed by atoms with Gasteiger partial charge in [-0.2, -0.15) is 11.8 Å². The van der Waals surface area contributed by atoms with Gasteiger partial charge in [0.05, 0.1) is 0 Å². The first kappa shape index (κ1) is 32.0. The van der Waals surface area contributed by atoms with Crippen LogP contribution in [0.1, 0.15) is 104 Å². The first-order valence-corrected chi connectivity index (χ1v) is 15.4. The molecule has 0 radical (unpaired) electrons. The van der Waals surface area contributed by atoms with E-state index in [1.165, 1.54) is 6.42 Å². The Morgan fingerprint density at radius 3 is 2.32 bits per heavy atom. The highest BCUT2D eigenvalue weighted by Gasteiger charge is 2.43. The summed E-state index contributed by atoms with van der Waals surface area (Å²) in [5, 5.41) is 6.10. The predicted octanol–water partition coefficient (Wildman–Crippen LogP) is 6.15. The van der Waals surface area contributed by atoms with Crippen LogP contribution in [-0.2, 0) is 14.3 Å². The summed E-state index contributed by atoms with van der Waals surface area (Å²) in [6, 6.07) is 6.28. The zero-order valence-corrected chi connectivity index (χ0v) is 25.5. The fourth-order valence-electron chi connectivity index (χ4n) is 4.84. The molecule has 214 valence electrons. The van der Waals surface area contributed by atoms with Crippen molar-refractivity contribution in [2.45, 2.75) is 123 Å². The fraction of sp³-hybridized carbons (Fsp3) is 0.700. The zero-order valence-electron chi connectivity index (χ0n) is 24.7. The molecule has 1 aromatic carbocycles. The molecule has 1 fully saturated rings. The van der Waals surface area contributed by atoms with E-state index in [1.54, 1.807) is 37.4 Å². The van der Waals surface area contributed by atoms with Gasteiger partial charge in [0.15, 0.2) is 0 Å². The summed E-state index contributed by atoms with van der Waals surface area (Å²) in [4.78, 5) is 43.0. The van der Waals surface area contributed by atoms with Crippen LogP contribution in [0.3, 0.4) is 0 Å². The molecule has 3 amide bonds. The number of benzene rings is 1. The number of nitrogens with one attached hydrogen (secondary N) is 2. The number of hydrogen-bond acceptors (Lipinski definition) is 5. The summed E-state index contributed by atoms with van der Waals surface area (Å²) in [5.74, 6) is 0.232. The van der Waals surface area contributed by atoms with Crippen LogP contribution in [0, 0.1) is 6.92 Å². The van der Waals surface area contributed by atoms with Gasteiger partial charge in [-0.3, -0.25) is 9.59 Å². The standard InChI is InChI=1S/C30H49N3O4S/c1-9-30(6,7)33(27(35)24(18-19-38-8)32-28(36)37-29(3,4)5)25(22-15-13-14-21(2)20-22)26(34)31-23-16-11-10-12-17-23/h13-15,20,23-25H,9-12,16-19H2,1-8H3,(H,31,34)(H,32,36). The van der Waals surface area contributed by atoms with E-state index in [4.69, 9.17) is 4.74 Å². The van der Waals surface area contributed by atoms with E-state index in [2.05, 4.69) is 10.6 Å². The molecule has 7 nitrogen and oxygen atoms in total. The van der Waals surface area contributed by atoms with Crippen LogP contribution in [0.25, 0.3) is 0 Å². The lowest BCUT2D eigenvalue weighted by Crippen LogP contribution is -2.60. The molecule has 1 aromatic rings. The summed E-state index contributed by atoms with van der Waals surface area (Å²) in [5.41, 5.74) is 0.450. The Kier molecular flexibility index (Phi) is 12.0. The van der Waals surface area contributed by atoms with Gasteiger partial charge in [0, 0.05) is 11.6 Å². The van der Waals surface area contributed by atoms with E-state index in [-0.39, 0.29) is 17.9 Å². The van der Waals surface area contributed by atoms with E-state index >= 15 is 0 Å². The number of aryl methyl sites for hydroxylation is 1. The van der Waals surface area contributed by atoms with Crippen LogP contribution in [0.4, 0.5) is 4.79 Å². The van der Waals surface area contributed by atoms with Gasteiger partial charge in [-0.1, -0.05) is 56.0 Å². The Labute approximate surface area is 234 Å². The van der Waals surface area contributed by atoms with Crippen molar-refractivity contribution in [1.29, 1.82) is 0 Å². The topological polar surface area (TPSA) is 87.7 Å². The van der Waals surface area contributed by atoms with E-state index in [1.807, 2.05) is 58.2 Å². The van der Waals surface area contributed by atoms with E-state index in [9.17, 15) is 14.4 Å². The number of hydrogen-bond donors (Lipinski definition) is 2. The van der Waals surface area contributed by atoms with Crippen LogP contribution >= 0.6 is 11.8 Å². The molecule has 2 N–H and O–H groups in total. The van der Waals surface area contributed by atoms with Gasteiger partial charge < -0.3 is 20.3 Å². The van der Waals surface area contributed by atoms with Crippen molar-refractivity contribution in [1.82, 2.24) is 15.5 Å². The van der Waals surface area contributed by atoms with E-state index < -0.39 is 29.3 Å². The molecule has 8 heteroatoms. The van der Waals surface area contributed by atoms with Crippen molar-refractivity contribution in [2.75, 3.05) is 12.0 Å². The van der Waals surface area contributed by atoms with E-state index in [0.29, 0.717) is 18.6 Å². The molecule has 2 rings (SSSR count). The third-order valence-electron chi connectivity index (χ3n) is 7.17. The highest BCUT2D eigenvalue weighted by atomic mass is 32.2. The highest BCUT2D eigenvalue weighted by Crippen LogP contribution is 2.33. The molecule has 0 aromatic heterocycles. The first-order chi connectivity index (χ1) is 17.8. The van der Waals surface area contributed by atoms with Crippen molar-refractivity contribution in [3.05, 3.63) is 35.4 Å². The van der Waals surface area contributed by atoms with Crippen molar-refractivity contribution in [3.63, 3.8) is 0 Å². The minimum absolute atomic E-state index is 0.109. The summed E-state index contributed by atoms with van der Waals surface area (Å²) in [7, 11) is 0. The lowest BCUT2D eigenvalue weighted by Gasteiger charge is -2.45. The molecule has 0 spiro atoms. The fourth-order valence-corrected chi connectivity index (χ4v) is 5.31. The van der Waals surface area contributed by atoms with Crippen molar-refractivity contribution in [3.8, 4) is 0 Å². The number of ether oxygens (including phenoxy) is 1. The Balaban J connectivity index is 2.54. The Morgan fingerprint density at radius 2 is 1.76 bits per heavy atom. The molecule has 1 aliphatic rings. The van der Waals surface area contributed by atoms with Gasteiger partial charge in [0.2, 0.25) is 11.8 Å². The maximum Gasteiger partial charge on any atom is 0.408 e. The number of carbonyl (C=O) groups is 3. The van der Waals surface area contributed by atoms with Gasteiger partial charge in [0.25, 0.3) is 0 Å². The monoisotopic (exact) mass is 547 g/mol. The Bertz CT molecular complexity index is 938. The van der Waals surface area contributed by atoms with Crippen LogP contribution in [-0.4, -0.2) is 58.0 Å². The summed E-state index contributed by atoms with van der Waals surface area (Å²) >= 11 is 1.61. The molecular weight excluding hydrogens is 498 g/mol. The minimum atomic E-state index is -0.823. The number of thioether (sulfide) groups is 1. The maximum absolute atomic E-state index is 14.4. The predicted molar refractivity (Wildman–Crippen MR) is 156 cm³/mol. The second kappa shape index (κ2) is 14.2. The molecule has 2 atom stereocenters. The maximum atomic E-state index is 14.4. The Morgan fingerprint density at radius 1 is 1.11 bits per heavy atom. The summed E-state index contributed by atoms with van der Waals surface area (Å²) < 4.78 is 5.49. The SMILES string of the molecule is CCC(C)(C)N(C(=O)C(CCSC)NC(=O)OC(C)(C)C)C(C(=O)NC1CCCCC1)c1cccc(C)c1. The third-order valence-corrected chi connectivity index (χ3v) is 7.81. The molecule has 38 heavy (non-hydrogen) atoms. The number of amides is 3. The number of nitrogens with zero attached hydrogens (tertiary/aromatic N) is 1. The van der Waals surface area contributed by atoms with Crippen LogP contribution < -0.4 is 10.6 Å². The van der Waals surface area contributed by atoms with Crippen LogP contribution in [0.2, 0.25) is 0 Å². The second-order valence-corrected chi connectivity index (χ2v) is 13.0. The number of rotatable bonds is 11. The lowest BCUT2D eigenvalue weighted by atomic mass is 9.90. The number of carbonyl (C=O) groups excluding carboxylic acids is 3. The smallest absolute Gasteiger partial charge is 0.408 e. The van der Waals surface area contributed by atoms with Crippen molar-refractivity contribution >= 4 is 29.7 Å². The molecule has 0 aliphatic heterocycles. The zero-order chi connectivity index (χ0) is 28.5. The number of alkyl carbamates (subject to hydrolysis) is 1. The minimum Gasteiger partial charge on any atom is -0.444 e. The molecule has 0 bridgehead atoms. The quantitative estimate of drug-likeness (QED) is 0.347. The summed E-state index contributed by atoms with van der Waals surface area (Å²) in [6.07, 6.45) is 7.69. The largest absolute Gasteiger partial charge is 0.444 e. The highest BCUT2D eigenvalue weighted by molar-refractivity contribution is 7.98. The average molecular weight is 548 g/mol. The molecule has 0 heterocycles. The lowest BCUT2D eigenvalue weighted by molar-refractivity contribution is -0.149. The van der Waals surface area contributed by atoms with E-state index in [0.717, 1.165) is 36.8 Å². The molecule has 1 saturated carbocycles. The summed E-state index contributed by atoms with van der Waals surface area (Å²) in [6.45, 7) is 13.4. The van der Waals surface area contributed by atoms with Gasteiger partial charge in [-0.05, 0) is 84.8 Å². The normalized spacial score (nSPS) is 16.3. The third kappa shape index (κ3) is 9.51. The molecule has 2 unspecified atom stereocenters. The Hall–Kier alpha value is -2.22. The first-order valence-electron chi connectivity index (χ1n) is 14.0.